The van der Waals surface area contributed by atoms with Crippen molar-refractivity contribution in [1.82, 2.24) is 10.2 Å². The Bertz CT molecular complexity index is 419. The maximum atomic E-state index is 12.0. The zero-order valence-corrected chi connectivity index (χ0v) is 13.4. The van der Waals surface area contributed by atoms with E-state index in [1.165, 1.54) is 4.88 Å². The Kier molecular flexibility index (Phi) is 6.63. The van der Waals surface area contributed by atoms with Gasteiger partial charge in [0.15, 0.2) is 0 Å². The first kappa shape index (κ1) is 16.4. The Morgan fingerprint density at radius 3 is 2.90 bits per heavy atom. The summed E-state index contributed by atoms with van der Waals surface area (Å²) in [4.78, 5) is 15.6. The van der Waals surface area contributed by atoms with Crippen LogP contribution in [0.2, 0.25) is 0 Å². The molecule has 21 heavy (non-hydrogen) atoms. The highest BCUT2D eigenvalue weighted by molar-refractivity contribution is 7.10. The van der Waals surface area contributed by atoms with Crippen LogP contribution in [0.5, 0.6) is 0 Å². The van der Waals surface area contributed by atoms with Crippen LogP contribution in [0.4, 0.5) is 0 Å². The van der Waals surface area contributed by atoms with Crippen LogP contribution in [0.25, 0.3) is 0 Å². The predicted octanol–water partition coefficient (Wildman–Crippen LogP) is 1.22. The zero-order valence-electron chi connectivity index (χ0n) is 12.6. The molecule has 1 fully saturated rings. The van der Waals surface area contributed by atoms with E-state index in [9.17, 15) is 4.79 Å². The molecule has 0 spiro atoms. The van der Waals surface area contributed by atoms with Gasteiger partial charge in [-0.2, -0.15) is 0 Å². The van der Waals surface area contributed by atoms with Crippen molar-refractivity contribution in [2.45, 2.75) is 19.4 Å². The van der Waals surface area contributed by atoms with Gasteiger partial charge in [0, 0.05) is 30.9 Å². The molecule has 1 aromatic rings. The third-order valence-corrected chi connectivity index (χ3v) is 4.76. The normalized spacial score (nSPS) is 19.1. The summed E-state index contributed by atoms with van der Waals surface area (Å²) in [5.41, 5.74) is 5.57. The molecule has 3 N–H and O–H groups in total. The Morgan fingerprint density at radius 2 is 2.29 bits per heavy atom. The molecule has 0 aromatic carbocycles. The number of carbonyl (C=O) groups is 1. The quantitative estimate of drug-likeness (QED) is 0.794. The van der Waals surface area contributed by atoms with Crippen LogP contribution in [0.3, 0.4) is 0 Å². The second-order valence-electron chi connectivity index (χ2n) is 5.53. The average molecular weight is 311 g/mol. The van der Waals surface area contributed by atoms with E-state index in [1.54, 1.807) is 11.3 Å². The number of thiophene rings is 1. The third kappa shape index (κ3) is 5.07. The second-order valence-corrected chi connectivity index (χ2v) is 6.51. The molecule has 1 aliphatic heterocycles. The van der Waals surface area contributed by atoms with E-state index in [0.717, 1.165) is 26.3 Å². The molecule has 0 aliphatic carbocycles. The number of carbonyl (C=O) groups excluding carboxylic acids is 1. The average Bonchev–Trinajstić information content (AvgIpc) is 3.02. The lowest BCUT2D eigenvalue weighted by atomic mass is 10.1. The van der Waals surface area contributed by atoms with Crippen LogP contribution in [0.1, 0.15) is 24.3 Å². The lowest BCUT2D eigenvalue weighted by molar-refractivity contribution is -0.122. The summed E-state index contributed by atoms with van der Waals surface area (Å²) < 4.78 is 5.42. The molecule has 2 rings (SSSR count). The minimum atomic E-state index is 0.0859. The minimum absolute atomic E-state index is 0.0859. The summed E-state index contributed by atoms with van der Waals surface area (Å²) in [7, 11) is 0. The van der Waals surface area contributed by atoms with Crippen molar-refractivity contribution in [3.05, 3.63) is 22.4 Å². The van der Waals surface area contributed by atoms with Crippen LogP contribution in [0, 0.1) is 5.92 Å². The van der Waals surface area contributed by atoms with Gasteiger partial charge >= 0.3 is 0 Å². The Labute approximate surface area is 130 Å². The van der Waals surface area contributed by atoms with Crippen LogP contribution in [-0.4, -0.2) is 50.2 Å². The fourth-order valence-corrected chi connectivity index (χ4v) is 3.32. The summed E-state index contributed by atoms with van der Waals surface area (Å²) in [5, 5.41) is 5.15. The highest BCUT2D eigenvalue weighted by Gasteiger charge is 2.24. The van der Waals surface area contributed by atoms with Gasteiger partial charge in [0.1, 0.15) is 0 Å². The number of morpholine rings is 1. The lowest BCUT2D eigenvalue weighted by Crippen LogP contribution is -2.43. The molecule has 0 saturated carbocycles. The number of amides is 1. The van der Waals surface area contributed by atoms with Gasteiger partial charge in [-0.05, 0) is 23.9 Å². The third-order valence-electron chi connectivity index (χ3n) is 3.79. The summed E-state index contributed by atoms with van der Waals surface area (Å²) in [5.74, 6) is 0.316. The van der Waals surface area contributed by atoms with Crippen molar-refractivity contribution >= 4 is 17.2 Å². The van der Waals surface area contributed by atoms with E-state index < -0.39 is 0 Å². The maximum Gasteiger partial charge on any atom is 0.220 e. The monoisotopic (exact) mass is 311 g/mol. The minimum Gasteiger partial charge on any atom is -0.379 e. The predicted molar refractivity (Wildman–Crippen MR) is 85.3 cm³/mol. The van der Waals surface area contributed by atoms with Crippen molar-refractivity contribution < 1.29 is 9.53 Å². The first-order valence-electron chi connectivity index (χ1n) is 7.52. The van der Waals surface area contributed by atoms with Gasteiger partial charge in [-0.3, -0.25) is 9.69 Å². The van der Waals surface area contributed by atoms with Gasteiger partial charge in [-0.15, -0.1) is 11.3 Å². The summed E-state index contributed by atoms with van der Waals surface area (Å²) in [6.45, 7) is 6.55. The van der Waals surface area contributed by atoms with Crippen molar-refractivity contribution in [3.63, 3.8) is 0 Å². The number of nitrogens with two attached hydrogens (primary N) is 1. The molecule has 0 bridgehead atoms. The van der Waals surface area contributed by atoms with Crippen molar-refractivity contribution in [3.8, 4) is 0 Å². The zero-order chi connectivity index (χ0) is 15.1. The smallest absolute Gasteiger partial charge is 0.220 e. The molecule has 1 aromatic heterocycles. The molecule has 2 unspecified atom stereocenters. The van der Waals surface area contributed by atoms with E-state index in [1.807, 2.05) is 6.92 Å². The van der Waals surface area contributed by atoms with Crippen molar-refractivity contribution in [2.24, 2.45) is 11.7 Å². The van der Waals surface area contributed by atoms with E-state index in [2.05, 4.69) is 27.7 Å². The molecule has 6 heteroatoms. The van der Waals surface area contributed by atoms with Gasteiger partial charge < -0.3 is 15.8 Å². The number of ether oxygens (including phenoxy) is 1. The van der Waals surface area contributed by atoms with Crippen molar-refractivity contribution in [2.75, 3.05) is 39.4 Å². The summed E-state index contributed by atoms with van der Waals surface area (Å²) >= 11 is 1.74. The summed E-state index contributed by atoms with van der Waals surface area (Å²) in [6, 6.07) is 4.44. The van der Waals surface area contributed by atoms with E-state index in [-0.39, 0.29) is 17.9 Å². The van der Waals surface area contributed by atoms with Crippen molar-refractivity contribution in [1.29, 1.82) is 0 Å². The number of rotatable bonds is 7. The molecular weight excluding hydrogens is 286 g/mol. The van der Waals surface area contributed by atoms with Gasteiger partial charge in [0.2, 0.25) is 5.91 Å². The Morgan fingerprint density at radius 1 is 1.52 bits per heavy atom. The van der Waals surface area contributed by atoms with Gasteiger partial charge in [-0.25, -0.2) is 0 Å². The molecule has 2 atom stereocenters. The largest absolute Gasteiger partial charge is 0.379 e. The topological polar surface area (TPSA) is 67.6 Å². The van der Waals surface area contributed by atoms with Gasteiger partial charge in [0.05, 0.1) is 19.3 Å². The molecule has 5 nitrogen and oxygen atoms in total. The highest BCUT2D eigenvalue weighted by atomic mass is 32.1. The highest BCUT2D eigenvalue weighted by Crippen LogP contribution is 2.25. The Balaban J connectivity index is 1.91. The van der Waals surface area contributed by atoms with E-state index in [4.69, 9.17) is 10.5 Å². The molecule has 1 saturated heterocycles. The second kappa shape index (κ2) is 8.48. The van der Waals surface area contributed by atoms with Crippen LogP contribution < -0.4 is 11.1 Å². The standard InChI is InChI=1S/C15H25N3O2S/c1-12(10-16)9-15(19)17-11-13(14-3-2-8-21-14)18-4-6-20-7-5-18/h2-3,8,12-13H,4-7,9-11,16H2,1H3,(H,17,19). The number of hydrogen-bond acceptors (Lipinski definition) is 5. The van der Waals surface area contributed by atoms with Gasteiger partial charge in [-0.1, -0.05) is 13.0 Å². The van der Waals surface area contributed by atoms with Crippen LogP contribution in [0.15, 0.2) is 17.5 Å². The van der Waals surface area contributed by atoms with E-state index >= 15 is 0 Å². The number of nitrogens with one attached hydrogen (secondary N) is 1. The van der Waals surface area contributed by atoms with Crippen LogP contribution >= 0.6 is 11.3 Å². The fourth-order valence-electron chi connectivity index (χ4n) is 2.46. The first-order valence-corrected chi connectivity index (χ1v) is 8.40. The number of nitrogens with zero attached hydrogens (tertiary/aromatic N) is 1. The summed E-state index contributed by atoms with van der Waals surface area (Å²) in [6.07, 6.45) is 0.497. The Hall–Kier alpha value is -0.950. The lowest BCUT2D eigenvalue weighted by Gasteiger charge is -2.34. The molecule has 1 amide bonds. The molecule has 118 valence electrons. The number of hydrogen-bond donors (Lipinski definition) is 2. The fraction of sp³-hybridized carbons (Fsp3) is 0.667. The molecule has 2 heterocycles. The van der Waals surface area contributed by atoms with Crippen LogP contribution in [-0.2, 0) is 9.53 Å². The molecular formula is C15H25N3O2S. The maximum absolute atomic E-state index is 12.0. The first-order chi connectivity index (χ1) is 10.2. The molecule has 0 radical (unpaired) electrons. The van der Waals surface area contributed by atoms with E-state index in [0.29, 0.717) is 19.5 Å². The SMILES string of the molecule is CC(CN)CC(=O)NCC(c1cccs1)N1CCOCC1. The molecule has 1 aliphatic rings. The van der Waals surface area contributed by atoms with Gasteiger partial charge in [0.25, 0.3) is 0 Å².